The van der Waals surface area contributed by atoms with Crippen molar-refractivity contribution in [1.82, 2.24) is 0 Å². The summed E-state index contributed by atoms with van der Waals surface area (Å²) in [5.74, 6) is -6.36. The molecule has 9 heteroatoms. The molecule has 0 aromatic carbocycles. The summed E-state index contributed by atoms with van der Waals surface area (Å²) in [6.45, 7) is 5.29. The number of hydrogen-bond acceptors (Lipinski definition) is 9. The number of aliphatic hydroxyl groups is 1. The molecule has 3 aliphatic carbocycles. The molecule has 196 valence electrons. The molecule has 1 N–H and O–H groups in total. The first-order valence-electron chi connectivity index (χ1n) is 13.4. The molecule has 5 saturated heterocycles. The fraction of sp³-hybridized carbons (Fsp3) is 0.714. The molecule has 1 saturated carbocycles. The van der Waals surface area contributed by atoms with Gasteiger partial charge in [-0.1, -0.05) is 24.6 Å². The van der Waals surface area contributed by atoms with E-state index >= 15 is 0 Å². The average Bonchev–Trinajstić information content (AvgIpc) is 3.16. The van der Waals surface area contributed by atoms with Crippen LogP contribution in [0, 0.1) is 34.5 Å². The largest absolute Gasteiger partial charge is 0.458 e. The summed E-state index contributed by atoms with van der Waals surface area (Å²) in [7, 11) is 0. The topological polar surface area (TPSA) is 125 Å². The SMILES string of the molecule is C[C@]12C(=O)C=CCC1=CC[C@@H]1[C@@H]2CC[C@]2(O)C(=O)O[C@@]3(C)[C@H]4C[C@]5(C)[C@H](CO[C@]16O[C@@]32[C@H]5C6=O)C(=O)O4. The zero-order valence-corrected chi connectivity index (χ0v) is 21.1. The van der Waals surface area contributed by atoms with Crippen LogP contribution in [0.3, 0.4) is 0 Å². The first kappa shape index (κ1) is 22.6. The van der Waals surface area contributed by atoms with Gasteiger partial charge < -0.3 is 24.1 Å². The Bertz CT molecular complexity index is 1300. The van der Waals surface area contributed by atoms with Crippen LogP contribution >= 0.6 is 0 Å². The summed E-state index contributed by atoms with van der Waals surface area (Å²) >= 11 is 0. The molecule has 2 spiro atoms. The van der Waals surface area contributed by atoms with Crippen LogP contribution in [0.5, 0.6) is 0 Å². The normalized spacial score (nSPS) is 58.5. The van der Waals surface area contributed by atoms with E-state index in [0.717, 1.165) is 5.57 Å². The van der Waals surface area contributed by atoms with Crippen molar-refractivity contribution in [2.75, 3.05) is 6.61 Å². The number of esters is 2. The summed E-state index contributed by atoms with van der Waals surface area (Å²) in [6, 6.07) is 0. The molecule has 6 fully saturated rings. The highest BCUT2D eigenvalue weighted by Gasteiger charge is 2.93. The van der Waals surface area contributed by atoms with Crippen molar-refractivity contribution in [3.63, 3.8) is 0 Å². The molecule has 0 unspecified atom stereocenters. The van der Waals surface area contributed by atoms with Gasteiger partial charge in [0.15, 0.2) is 28.4 Å². The van der Waals surface area contributed by atoms with Crippen LogP contribution < -0.4 is 0 Å². The number of carbonyl (C=O) groups excluding carboxylic acids is 4. The summed E-state index contributed by atoms with van der Waals surface area (Å²) in [5.41, 5.74) is -6.43. The molecule has 5 bridgehead atoms. The van der Waals surface area contributed by atoms with E-state index < -0.39 is 75.1 Å². The monoisotopic (exact) mass is 510 g/mol. The zero-order chi connectivity index (χ0) is 26.0. The van der Waals surface area contributed by atoms with Crippen LogP contribution in [0.15, 0.2) is 23.8 Å². The van der Waals surface area contributed by atoms with Crippen LogP contribution in [-0.2, 0) is 38.1 Å². The molecule has 0 amide bonds. The van der Waals surface area contributed by atoms with E-state index in [9.17, 15) is 24.3 Å². The molecule has 5 aliphatic heterocycles. The predicted molar refractivity (Wildman–Crippen MR) is 122 cm³/mol. The van der Waals surface area contributed by atoms with Crippen LogP contribution in [0.1, 0.15) is 52.9 Å². The van der Waals surface area contributed by atoms with Crippen molar-refractivity contribution in [3.8, 4) is 0 Å². The fourth-order valence-electron chi connectivity index (χ4n) is 10.0. The van der Waals surface area contributed by atoms with Crippen molar-refractivity contribution >= 4 is 23.5 Å². The lowest BCUT2D eigenvalue weighted by Gasteiger charge is -2.63. The summed E-state index contributed by atoms with van der Waals surface area (Å²) in [4.78, 5) is 55.2. The Kier molecular flexibility index (Phi) is 3.73. The highest BCUT2D eigenvalue weighted by atomic mass is 16.8. The molecule has 5 heterocycles. The molecular weight excluding hydrogens is 480 g/mol. The molecule has 11 atom stereocenters. The molecule has 0 aromatic rings. The van der Waals surface area contributed by atoms with Crippen LogP contribution in [-0.4, -0.2) is 63.9 Å². The lowest BCUT2D eigenvalue weighted by atomic mass is 9.46. The standard InChI is InChI=1S/C28H30O9/c1-23-11-18-25(3)28-19(23)20(30)27(37-28,34-12-16(23)21(31)35-18)15-8-7-13-5-4-6-17(29)24(13,2)14(15)9-10-26(28,33)22(32)36-25/h4,6-7,14-16,18-19,33H,5,8-12H2,1-3H3/t14-,15+,16+,18+,19-,23+,24-,25-,26-,27-,28-/m0/s1. The number of rotatable bonds is 0. The third-order valence-corrected chi connectivity index (χ3v) is 12.0. The Morgan fingerprint density at radius 1 is 1.08 bits per heavy atom. The summed E-state index contributed by atoms with van der Waals surface area (Å²) in [5, 5.41) is 12.4. The van der Waals surface area contributed by atoms with Crippen molar-refractivity contribution in [1.29, 1.82) is 0 Å². The number of ketones is 2. The smallest absolute Gasteiger partial charge is 0.342 e. The minimum Gasteiger partial charge on any atom is -0.458 e. The molecule has 0 radical (unpaired) electrons. The second-order valence-electron chi connectivity index (χ2n) is 13.0. The fourth-order valence-corrected chi connectivity index (χ4v) is 10.0. The van der Waals surface area contributed by atoms with E-state index in [0.29, 0.717) is 25.7 Å². The van der Waals surface area contributed by atoms with Gasteiger partial charge in [-0.05, 0) is 63.4 Å². The Balaban J connectivity index is 1.43. The molecule has 8 aliphatic rings. The highest BCUT2D eigenvalue weighted by molar-refractivity contribution is 6.01. The maximum atomic E-state index is 14.8. The van der Waals surface area contributed by atoms with E-state index in [1.165, 1.54) is 0 Å². The van der Waals surface area contributed by atoms with Crippen LogP contribution in [0.2, 0.25) is 0 Å². The van der Waals surface area contributed by atoms with Gasteiger partial charge in [-0.25, -0.2) is 4.79 Å². The minimum atomic E-state index is -2.17. The van der Waals surface area contributed by atoms with Crippen molar-refractivity contribution in [3.05, 3.63) is 23.8 Å². The number of ether oxygens (including phenoxy) is 4. The average molecular weight is 511 g/mol. The number of carbonyl (C=O) groups is 4. The van der Waals surface area contributed by atoms with Crippen molar-refractivity contribution in [2.24, 2.45) is 34.5 Å². The second kappa shape index (κ2) is 6.10. The quantitative estimate of drug-likeness (QED) is 0.382. The number of allylic oxidation sites excluding steroid dienone is 4. The number of hydrogen-bond donors (Lipinski definition) is 1. The molecule has 9 nitrogen and oxygen atoms in total. The van der Waals surface area contributed by atoms with Gasteiger partial charge in [-0.2, -0.15) is 0 Å². The van der Waals surface area contributed by atoms with E-state index in [1.54, 1.807) is 13.0 Å². The Morgan fingerprint density at radius 3 is 2.65 bits per heavy atom. The van der Waals surface area contributed by atoms with Gasteiger partial charge in [0.2, 0.25) is 5.79 Å². The Hall–Kier alpha value is -2.36. The summed E-state index contributed by atoms with van der Waals surface area (Å²) in [6.07, 6.45) is 6.24. The van der Waals surface area contributed by atoms with Crippen molar-refractivity contribution < 1.29 is 43.2 Å². The van der Waals surface area contributed by atoms with Gasteiger partial charge in [0.25, 0.3) is 0 Å². The summed E-state index contributed by atoms with van der Waals surface area (Å²) < 4.78 is 25.1. The third-order valence-electron chi connectivity index (χ3n) is 12.0. The zero-order valence-electron chi connectivity index (χ0n) is 21.1. The first-order valence-corrected chi connectivity index (χ1v) is 13.4. The van der Waals surface area contributed by atoms with Gasteiger partial charge in [0.1, 0.15) is 6.10 Å². The van der Waals surface area contributed by atoms with Crippen molar-refractivity contribution in [2.45, 2.75) is 81.6 Å². The third kappa shape index (κ3) is 1.97. The highest BCUT2D eigenvalue weighted by Crippen LogP contribution is 2.75. The maximum absolute atomic E-state index is 14.8. The number of fused-ring (bicyclic) bond motifs is 5. The van der Waals surface area contributed by atoms with Crippen LogP contribution in [0.4, 0.5) is 0 Å². The molecule has 8 rings (SSSR count). The number of Topliss-reactive ketones (excluding diaryl/α,β-unsaturated/α-hetero) is 1. The Morgan fingerprint density at radius 2 is 1.86 bits per heavy atom. The van der Waals surface area contributed by atoms with E-state index in [-0.39, 0.29) is 24.6 Å². The van der Waals surface area contributed by atoms with Gasteiger partial charge >= 0.3 is 11.9 Å². The van der Waals surface area contributed by atoms with Gasteiger partial charge in [0, 0.05) is 5.92 Å². The van der Waals surface area contributed by atoms with Gasteiger partial charge in [0.05, 0.1) is 23.9 Å². The molecule has 37 heavy (non-hydrogen) atoms. The van der Waals surface area contributed by atoms with E-state index in [4.69, 9.17) is 18.9 Å². The minimum absolute atomic E-state index is 0.0380. The first-order chi connectivity index (χ1) is 17.4. The Labute approximate surface area is 213 Å². The lowest BCUT2D eigenvalue weighted by molar-refractivity contribution is -0.374. The van der Waals surface area contributed by atoms with E-state index in [1.807, 2.05) is 26.0 Å². The van der Waals surface area contributed by atoms with Crippen LogP contribution in [0.25, 0.3) is 0 Å². The van der Waals surface area contributed by atoms with Gasteiger partial charge in [-0.3, -0.25) is 14.4 Å². The second-order valence-corrected chi connectivity index (χ2v) is 13.0. The maximum Gasteiger partial charge on any atom is 0.342 e. The van der Waals surface area contributed by atoms with E-state index in [2.05, 4.69) is 0 Å². The van der Waals surface area contributed by atoms with Gasteiger partial charge in [-0.15, -0.1) is 0 Å². The molecule has 0 aromatic heterocycles. The lowest BCUT2D eigenvalue weighted by Crippen LogP contribution is -2.79. The molecular formula is C28H30O9. The predicted octanol–water partition coefficient (Wildman–Crippen LogP) is 1.56.